The lowest BCUT2D eigenvalue weighted by molar-refractivity contribution is 0.556. The third kappa shape index (κ3) is 4.26. The maximum absolute atomic E-state index is 12.1. The highest BCUT2D eigenvalue weighted by molar-refractivity contribution is 7.90. The summed E-state index contributed by atoms with van der Waals surface area (Å²) >= 11 is 0. The highest BCUT2D eigenvalue weighted by atomic mass is 32.2. The quantitative estimate of drug-likeness (QED) is 0.781. The molecule has 1 atom stereocenters. The van der Waals surface area contributed by atoms with Crippen molar-refractivity contribution in [3.63, 3.8) is 0 Å². The van der Waals surface area contributed by atoms with Gasteiger partial charge in [-0.1, -0.05) is 6.07 Å². The molecule has 106 valence electrons. The summed E-state index contributed by atoms with van der Waals surface area (Å²) in [5, 5.41) is 2.80. The Labute approximate surface area is 114 Å². The number of aromatic nitrogens is 1. The van der Waals surface area contributed by atoms with Gasteiger partial charge in [0.1, 0.15) is 0 Å². The van der Waals surface area contributed by atoms with E-state index in [0.29, 0.717) is 12.6 Å². The predicted molar refractivity (Wildman–Crippen MR) is 75.2 cm³/mol. The molecular weight excluding hydrogens is 262 g/mol. The fourth-order valence-corrected chi connectivity index (χ4v) is 2.68. The Bertz CT molecular complexity index is 526. The summed E-state index contributed by atoms with van der Waals surface area (Å²) in [7, 11) is -3.30. The normalized spacial score (nSPS) is 17.4. The maximum Gasteiger partial charge on any atom is 0.215 e. The largest absolute Gasteiger partial charge is 0.313 e. The Balaban J connectivity index is 1.87. The topological polar surface area (TPSA) is 71.1 Å². The lowest BCUT2D eigenvalue weighted by Gasteiger charge is -2.14. The van der Waals surface area contributed by atoms with Gasteiger partial charge in [-0.3, -0.25) is 4.98 Å². The summed E-state index contributed by atoms with van der Waals surface area (Å²) in [5.41, 5.74) is 1.77. The Morgan fingerprint density at radius 3 is 2.84 bits per heavy atom. The monoisotopic (exact) mass is 283 g/mol. The van der Waals surface area contributed by atoms with Crippen molar-refractivity contribution in [1.82, 2.24) is 15.0 Å². The highest BCUT2D eigenvalue weighted by Crippen LogP contribution is 2.18. The van der Waals surface area contributed by atoms with E-state index < -0.39 is 15.3 Å². The van der Waals surface area contributed by atoms with Gasteiger partial charge in [-0.2, -0.15) is 0 Å². The molecule has 1 aromatic rings. The van der Waals surface area contributed by atoms with Gasteiger partial charge in [0.15, 0.2) is 0 Å². The van der Waals surface area contributed by atoms with Crippen LogP contribution in [-0.2, 0) is 16.6 Å². The first-order valence-electron chi connectivity index (χ1n) is 6.61. The van der Waals surface area contributed by atoms with Crippen LogP contribution in [0.4, 0.5) is 0 Å². The van der Waals surface area contributed by atoms with Crippen LogP contribution < -0.4 is 10.0 Å². The van der Waals surface area contributed by atoms with Gasteiger partial charge < -0.3 is 5.32 Å². The van der Waals surface area contributed by atoms with E-state index in [0.717, 1.165) is 24.1 Å². The van der Waals surface area contributed by atoms with E-state index in [9.17, 15) is 8.42 Å². The molecule has 19 heavy (non-hydrogen) atoms. The number of nitrogens with zero attached hydrogens (tertiary/aromatic N) is 1. The Morgan fingerprint density at radius 1 is 1.47 bits per heavy atom. The van der Waals surface area contributed by atoms with Crippen LogP contribution >= 0.6 is 0 Å². The molecular formula is C13H21N3O2S. The minimum absolute atomic E-state index is 0.253. The third-order valence-electron chi connectivity index (χ3n) is 3.36. The number of sulfonamides is 1. The third-order valence-corrected chi connectivity index (χ3v) is 5.13. The molecule has 1 aliphatic rings. The Morgan fingerprint density at radius 2 is 2.21 bits per heavy atom. The van der Waals surface area contributed by atoms with Crippen molar-refractivity contribution in [3.05, 3.63) is 29.6 Å². The van der Waals surface area contributed by atoms with Crippen molar-refractivity contribution in [2.24, 2.45) is 0 Å². The van der Waals surface area contributed by atoms with Gasteiger partial charge in [0.2, 0.25) is 10.0 Å². The zero-order valence-corrected chi connectivity index (χ0v) is 12.2. The van der Waals surface area contributed by atoms with E-state index in [4.69, 9.17) is 0 Å². The van der Waals surface area contributed by atoms with Gasteiger partial charge in [0, 0.05) is 18.8 Å². The first-order valence-corrected chi connectivity index (χ1v) is 8.16. The number of nitrogens with one attached hydrogen (secondary N) is 2. The summed E-state index contributed by atoms with van der Waals surface area (Å²) in [4.78, 5) is 4.18. The lowest BCUT2D eigenvalue weighted by atomic mass is 10.2. The van der Waals surface area contributed by atoms with Crippen LogP contribution in [0.15, 0.2) is 18.3 Å². The van der Waals surface area contributed by atoms with Gasteiger partial charge in [0.05, 0.1) is 17.5 Å². The molecule has 0 bridgehead atoms. The molecule has 1 fully saturated rings. The minimum atomic E-state index is -3.30. The SMILES string of the molecule is Cc1cccnc1CNS(=O)(=O)C(C)CNC1CC1. The first-order chi connectivity index (χ1) is 8.99. The van der Waals surface area contributed by atoms with Crippen LogP contribution in [-0.4, -0.2) is 31.2 Å². The van der Waals surface area contributed by atoms with E-state index in [-0.39, 0.29) is 6.54 Å². The van der Waals surface area contributed by atoms with Gasteiger partial charge in [0.25, 0.3) is 0 Å². The Hall–Kier alpha value is -0.980. The van der Waals surface area contributed by atoms with Crippen molar-refractivity contribution in [2.45, 2.75) is 44.5 Å². The van der Waals surface area contributed by atoms with E-state index in [1.165, 1.54) is 0 Å². The minimum Gasteiger partial charge on any atom is -0.313 e. The molecule has 1 saturated carbocycles. The zero-order valence-electron chi connectivity index (χ0n) is 11.4. The highest BCUT2D eigenvalue weighted by Gasteiger charge is 2.25. The van der Waals surface area contributed by atoms with Crippen molar-refractivity contribution in [2.75, 3.05) is 6.54 Å². The molecule has 1 unspecified atom stereocenters. The molecule has 0 radical (unpaired) electrons. The molecule has 1 aliphatic carbocycles. The number of aryl methyl sites for hydroxylation is 1. The van der Waals surface area contributed by atoms with Gasteiger partial charge in [-0.25, -0.2) is 13.1 Å². The summed E-state index contributed by atoms with van der Waals surface area (Å²) < 4.78 is 26.8. The second kappa shape index (κ2) is 5.98. The fourth-order valence-electron chi connectivity index (χ4n) is 1.74. The van der Waals surface area contributed by atoms with Crippen LogP contribution in [0.1, 0.15) is 31.0 Å². The lowest BCUT2D eigenvalue weighted by Crippen LogP contribution is -2.39. The molecule has 0 aromatic carbocycles. The molecule has 0 aliphatic heterocycles. The molecule has 1 heterocycles. The fraction of sp³-hybridized carbons (Fsp3) is 0.615. The van der Waals surface area contributed by atoms with Gasteiger partial charge in [-0.15, -0.1) is 0 Å². The van der Waals surface area contributed by atoms with Crippen molar-refractivity contribution in [1.29, 1.82) is 0 Å². The second-order valence-electron chi connectivity index (χ2n) is 5.13. The molecule has 0 spiro atoms. The van der Waals surface area contributed by atoms with Crippen molar-refractivity contribution < 1.29 is 8.42 Å². The average molecular weight is 283 g/mol. The summed E-state index contributed by atoms with van der Waals surface area (Å²) in [5.74, 6) is 0. The molecule has 2 N–H and O–H groups in total. The van der Waals surface area contributed by atoms with E-state index in [2.05, 4.69) is 15.0 Å². The average Bonchev–Trinajstić information content (AvgIpc) is 3.19. The molecule has 0 amide bonds. The number of rotatable bonds is 7. The maximum atomic E-state index is 12.1. The molecule has 1 aromatic heterocycles. The van der Waals surface area contributed by atoms with Crippen LogP contribution in [0.5, 0.6) is 0 Å². The number of pyridine rings is 1. The summed E-state index contributed by atoms with van der Waals surface area (Å²) in [6.07, 6.45) is 4.00. The summed E-state index contributed by atoms with van der Waals surface area (Å²) in [6, 6.07) is 4.29. The second-order valence-corrected chi connectivity index (χ2v) is 7.31. The molecule has 2 rings (SSSR count). The zero-order chi connectivity index (χ0) is 13.9. The van der Waals surface area contributed by atoms with Crippen LogP contribution in [0.2, 0.25) is 0 Å². The number of hydrogen-bond donors (Lipinski definition) is 2. The molecule has 5 nitrogen and oxygen atoms in total. The standard InChI is InChI=1S/C13H21N3O2S/c1-10-4-3-7-14-13(10)9-16-19(17,18)11(2)8-15-12-5-6-12/h3-4,7,11-12,15-16H,5-6,8-9H2,1-2H3. The van der Waals surface area contributed by atoms with Crippen LogP contribution in [0, 0.1) is 6.92 Å². The predicted octanol–water partition coefficient (Wildman–Crippen LogP) is 0.950. The Kier molecular flexibility index (Phi) is 4.54. The molecule has 6 heteroatoms. The van der Waals surface area contributed by atoms with E-state index in [1.807, 2.05) is 19.1 Å². The first kappa shape index (κ1) is 14.4. The van der Waals surface area contributed by atoms with Crippen molar-refractivity contribution >= 4 is 10.0 Å². The van der Waals surface area contributed by atoms with Crippen LogP contribution in [0.3, 0.4) is 0 Å². The molecule has 0 saturated heterocycles. The summed E-state index contributed by atoms with van der Waals surface area (Å²) in [6.45, 7) is 4.40. The van der Waals surface area contributed by atoms with Crippen molar-refractivity contribution in [3.8, 4) is 0 Å². The van der Waals surface area contributed by atoms with E-state index >= 15 is 0 Å². The smallest absolute Gasteiger partial charge is 0.215 e. The van der Waals surface area contributed by atoms with Crippen LogP contribution in [0.25, 0.3) is 0 Å². The van der Waals surface area contributed by atoms with E-state index in [1.54, 1.807) is 13.1 Å². The van der Waals surface area contributed by atoms with Gasteiger partial charge >= 0.3 is 0 Å². The van der Waals surface area contributed by atoms with Gasteiger partial charge in [-0.05, 0) is 38.3 Å². The number of hydrogen-bond acceptors (Lipinski definition) is 4.